The first-order chi connectivity index (χ1) is 9.81. The molecule has 20 heavy (non-hydrogen) atoms. The number of methoxy groups -OCH3 is 1. The predicted octanol–water partition coefficient (Wildman–Crippen LogP) is 0.144. The molecule has 0 aliphatic carbocycles. The molecule has 1 aliphatic rings. The molecule has 0 atom stereocenters. The summed E-state index contributed by atoms with van der Waals surface area (Å²) in [7, 11) is 1.69. The molecule has 6 heteroatoms. The Morgan fingerprint density at radius 1 is 1.50 bits per heavy atom. The molecule has 1 amide bonds. The van der Waals surface area contributed by atoms with Gasteiger partial charge in [0, 0.05) is 58.0 Å². The van der Waals surface area contributed by atoms with Crippen molar-refractivity contribution in [3.05, 3.63) is 23.9 Å². The van der Waals surface area contributed by atoms with Crippen LogP contribution in [0.2, 0.25) is 0 Å². The van der Waals surface area contributed by atoms with E-state index in [9.17, 15) is 4.79 Å². The third-order valence-electron chi connectivity index (χ3n) is 3.28. The molecular weight excluding hydrogens is 256 g/mol. The summed E-state index contributed by atoms with van der Waals surface area (Å²) in [5, 5.41) is 6.22. The predicted molar refractivity (Wildman–Crippen MR) is 77.7 cm³/mol. The van der Waals surface area contributed by atoms with Crippen molar-refractivity contribution in [2.24, 2.45) is 0 Å². The van der Waals surface area contributed by atoms with Crippen LogP contribution in [0.4, 0.5) is 5.82 Å². The number of pyridine rings is 1. The van der Waals surface area contributed by atoms with Gasteiger partial charge in [0.2, 0.25) is 5.91 Å². The minimum atomic E-state index is 0.114. The average molecular weight is 278 g/mol. The number of hydrogen-bond acceptors (Lipinski definition) is 5. The topological polar surface area (TPSA) is 66.5 Å². The Labute approximate surface area is 119 Å². The summed E-state index contributed by atoms with van der Waals surface area (Å²) in [5.41, 5.74) is 1.15. The Kier molecular flexibility index (Phi) is 5.76. The number of aromatic nitrogens is 1. The monoisotopic (exact) mass is 278 g/mol. The molecule has 2 rings (SSSR count). The van der Waals surface area contributed by atoms with Crippen molar-refractivity contribution in [3.63, 3.8) is 0 Å². The summed E-state index contributed by atoms with van der Waals surface area (Å²) in [6, 6.07) is 4.01. The number of amides is 1. The van der Waals surface area contributed by atoms with Crippen LogP contribution in [0.25, 0.3) is 0 Å². The first kappa shape index (κ1) is 14.7. The second-order valence-corrected chi connectivity index (χ2v) is 4.74. The summed E-state index contributed by atoms with van der Waals surface area (Å²) in [5.74, 6) is 1.08. The average Bonchev–Trinajstić information content (AvgIpc) is 2.69. The highest BCUT2D eigenvalue weighted by atomic mass is 16.5. The fourth-order valence-corrected chi connectivity index (χ4v) is 2.23. The van der Waals surface area contributed by atoms with Crippen LogP contribution in [0.15, 0.2) is 18.3 Å². The van der Waals surface area contributed by atoms with E-state index >= 15 is 0 Å². The highest BCUT2D eigenvalue weighted by Crippen LogP contribution is 2.17. The zero-order valence-electron chi connectivity index (χ0n) is 11.9. The lowest BCUT2D eigenvalue weighted by molar-refractivity contribution is -0.120. The summed E-state index contributed by atoms with van der Waals surface area (Å²) in [6.45, 7) is 4.45. The van der Waals surface area contributed by atoms with E-state index in [1.54, 1.807) is 13.3 Å². The first-order valence-corrected chi connectivity index (χ1v) is 6.96. The second-order valence-electron chi connectivity index (χ2n) is 4.74. The van der Waals surface area contributed by atoms with Crippen LogP contribution < -0.4 is 15.5 Å². The Hall–Kier alpha value is -1.66. The molecule has 6 nitrogen and oxygen atoms in total. The maximum Gasteiger partial charge on any atom is 0.221 e. The van der Waals surface area contributed by atoms with Crippen LogP contribution in [-0.4, -0.2) is 50.8 Å². The summed E-state index contributed by atoms with van der Waals surface area (Å²) in [4.78, 5) is 18.1. The molecule has 1 saturated heterocycles. The molecular formula is C14H22N4O2. The van der Waals surface area contributed by atoms with Gasteiger partial charge in [-0.2, -0.15) is 0 Å². The second kappa shape index (κ2) is 7.81. The molecule has 0 aromatic carbocycles. The Balaban J connectivity index is 2.00. The molecule has 0 saturated carbocycles. The van der Waals surface area contributed by atoms with Gasteiger partial charge in [0.1, 0.15) is 5.82 Å². The van der Waals surface area contributed by atoms with E-state index in [0.717, 1.165) is 31.0 Å². The molecule has 2 N–H and O–H groups in total. The van der Waals surface area contributed by atoms with Crippen LogP contribution in [0.3, 0.4) is 0 Å². The minimum absolute atomic E-state index is 0.114. The standard InChI is InChI=1S/C14H22N4O2/c1-20-10-7-15-11-12-3-2-5-17-14(12)18-8-4-13(19)16-6-9-18/h2-3,5,15H,4,6-11H2,1H3,(H,16,19). The SMILES string of the molecule is COCCNCc1cccnc1N1CCNC(=O)CC1. The fraction of sp³-hybridized carbons (Fsp3) is 0.571. The molecule has 1 aromatic rings. The van der Waals surface area contributed by atoms with E-state index in [0.29, 0.717) is 26.1 Å². The number of hydrogen-bond donors (Lipinski definition) is 2. The quantitative estimate of drug-likeness (QED) is 0.725. The Bertz CT molecular complexity index is 439. The third-order valence-corrected chi connectivity index (χ3v) is 3.28. The lowest BCUT2D eigenvalue weighted by Gasteiger charge is -2.23. The van der Waals surface area contributed by atoms with Crippen molar-refractivity contribution in [2.45, 2.75) is 13.0 Å². The largest absolute Gasteiger partial charge is 0.383 e. The van der Waals surface area contributed by atoms with Gasteiger partial charge in [0.25, 0.3) is 0 Å². The molecule has 1 fully saturated rings. The molecule has 0 spiro atoms. The first-order valence-electron chi connectivity index (χ1n) is 6.96. The normalized spacial score (nSPS) is 15.8. The van der Waals surface area contributed by atoms with E-state index in [1.807, 2.05) is 6.07 Å². The molecule has 1 aromatic heterocycles. The minimum Gasteiger partial charge on any atom is -0.383 e. The van der Waals surface area contributed by atoms with E-state index in [1.165, 1.54) is 0 Å². The van der Waals surface area contributed by atoms with Gasteiger partial charge >= 0.3 is 0 Å². The summed E-state index contributed by atoms with van der Waals surface area (Å²) < 4.78 is 5.02. The molecule has 0 bridgehead atoms. The Morgan fingerprint density at radius 2 is 2.40 bits per heavy atom. The number of nitrogens with one attached hydrogen (secondary N) is 2. The van der Waals surface area contributed by atoms with Crippen molar-refractivity contribution in [1.29, 1.82) is 0 Å². The van der Waals surface area contributed by atoms with Crippen LogP contribution in [0.5, 0.6) is 0 Å². The zero-order valence-corrected chi connectivity index (χ0v) is 11.9. The fourth-order valence-electron chi connectivity index (χ4n) is 2.23. The summed E-state index contributed by atoms with van der Waals surface area (Å²) >= 11 is 0. The molecule has 1 aliphatic heterocycles. The number of rotatable bonds is 6. The maximum absolute atomic E-state index is 11.4. The van der Waals surface area contributed by atoms with Gasteiger partial charge in [-0.25, -0.2) is 4.98 Å². The molecule has 110 valence electrons. The smallest absolute Gasteiger partial charge is 0.221 e. The number of nitrogens with zero attached hydrogens (tertiary/aromatic N) is 2. The van der Waals surface area contributed by atoms with Gasteiger partial charge in [-0.15, -0.1) is 0 Å². The maximum atomic E-state index is 11.4. The number of carbonyl (C=O) groups excluding carboxylic acids is 1. The number of anilines is 1. The summed E-state index contributed by atoms with van der Waals surface area (Å²) in [6.07, 6.45) is 2.32. The van der Waals surface area contributed by atoms with Crippen molar-refractivity contribution >= 4 is 11.7 Å². The van der Waals surface area contributed by atoms with Gasteiger partial charge in [-0.1, -0.05) is 6.07 Å². The van der Waals surface area contributed by atoms with Crippen LogP contribution in [0, 0.1) is 0 Å². The lowest BCUT2D eigenvalue weighted by Crippen LogP contribution is -2.30. The van der Waals surface area contributed by atoms with E-state index in [2.05, 4.69) is 26.6 Å². The highest BCUT2D eigenvalue weighted by Gasteiger charge is 2.17. The highest BCUT2D eigenvalue weighted by molar-refractivity contribution is 5.77. The van der Waals surface area contributed by atoms with Gasteiger partial charge in [0.05, 0.1) is 6.61 Å². The van der Waals surface area contributed by atoms with E-state index < -0.39 is 0 Å². The number of carbonyl (C=O) groups is 1. The van der Waals surface area contributed by atoms with Gasteiger partial charge in [0.15, 0.2) is 0 Å². The Morgan fingerprint density at radius 3 is 3.25 bits per heavy atom. The molecule has 0 unspecified atom stereocenters. The van der Waals surface area contributed by atoms with Crippen LogP contribution >= 0.6 is 0 Å². The molecule has 0 radical (unpaired) electrons. The number of ether oxygens (including phenoxy) is 1. The molecule has 2 heterocycles. The van der Waals surface area contributed by atoms with Crippen LogP contribution in [-0.2, 0) is 16.1 Å². The van der Waals surface area contributed by atoms with Crippen LogP contribution in [0.1, 0.15) is 12.0 Å². The van der Waals surface area contributed by atoms with E-state index in [4.69, 9.17) is 4.74 Å². The van der Waals surface area contributed by atoms with Gasteiger partial charge in [-0.05, 0) is 6.07 Å². The lowest BCUT2D eigenvalue weighted by atomic mass is 10.2. The van der Waals surface area contributed by atoms with Crippen molar-refractivity contribution in [1.82, 2.24) is 15.6 Å². The van der Waals surface area contributed by atoms with Crippen molar-refractivity contribution < 1.29 is 9.53 Å². The van der Waals surface area contributed by atoms with Gasteiger partial charge in [-0.3, -0.25) is 4.79 Å². The van der Waals surface area contributed by atoms with Crippen molar-refractivity contribution in [3.8, 4) is 0 Å². The van der Waals surface area contributed by atoms with E-state index in [-0.39, 0.29) is 5.91 Å². The van der Waals surface area contributed by atoms with Gasteiger partial charge < -0.3 is 20.3 Å². The third kappa shape index (κ3) is 4.18. The zero-order chi connectivity index (χ0) is 14.2. The van der Waals surface area contributed by atoms with Crippen molar-refractivity contribution in [2.75, 3.05) is 44.8 Å².